The fourth-order valence-electron chi connectivity index (χ4n) is 2.84. The first-order valence-corrected chi connectivity index (χ1v) is 9.32. The van der Waals surface area contributed by atoms with Crippen molar-refractivity contribution in [3.63, 3.8) is 0 Å². The van der Waals surface area contributed by atoms with Crippen LogP contribution in [0.25, 0.3) is 11.1 Å². The molecular weight excluding hydrogens is 348 g/mol. The third-order valence-electron chi connectivity index (χ3n) is 4.32. The fraction of sp³-hybridized carbons (Fsp3) is 0.167. The van der Waals surface area contributed by atoms with Crippen LogP contribution in [0.1, 0.15) is 30.9 Å². The first-order valence-electron chi connectivity index (χ1n) is 9.32. The van der Waals surface area contributed by atoms with Gasteiger partial charge in [-0.05, 0) is 34.2 Å². The number of benzene rings is 3. The lowest BCUT2D eigenvalue weighted by Crippen LogP contribution is -2.24. The van der Waals surface area contributed by atoms with Crippen molar-refractivity contribution in [2.24, 2.45) is 5.10 Å². The summed E-state index contributed by atoms with van der Waals surface area (Å²) in [7, 11) is 0. The minimum absolute atomic E-state index is 0.0754. The van der Waals surface area contributed by atoms with E-state index in [0.717, 1.165) is 28.0 Å². The molecule has 0 unspecified atom stereocenters. The van der Waals surface area contributed by atoms with Gasteiger partial charge in [0.25, 0.3) is 5.91 Å². The van der Waals surface area contributed by atoms with E-state index >= 15 is 0 Å². The van der Waals surface area contributed by atoms with Crippen molar-refractivity contribution in [2.45, 2.75) is 19.8 Å². The number of hydrogen-bond donors (Lipinski definition) is 1. The van der Waals surface area contributed by atoms with E-state index in [9.17, 15) is 4.79 Å². The van der Waals surface area contributed by atoms with Crippen LogP contribution in [0.4, 0.5) is 0 Å². The summed E-state index contributed by atoms with van der Waals surface area (Å²) in [5.41, 5.74) is 6.79. The number of para-hydroxylation sites is 1. The number of hydrazone groups is 1. The van der Waals surface area contributed by atoms with Gasteiger partial charge < -0.3 is 4.74 Å². The van der Waals surface area contributed by atoms with Crippen LogP contribution < -0.4 is 10.2 Å². The van der Waals surface area contributed by atoms with E-state index in [-0.39, 0.29) is 12.5 Å². The second-order valence-corrected chi connectivity index (χ2v) is 6.76. The molecule has 4 heteroatoms. The summed E-state index contributed by atoms with van der Waals surface area (Å²) in [6, 6.07) is 25.9. The maximum absolute atomic E-state index is 12.0. The number of nitrogens with zero attached hydrogens (tertiary/aromatic N) is 1. The van der Waals surface area contributed by atoms with Crippen molar-refractivity contribution in [2.75, 3.05) is 6.61 Å². The number of ether oxygens (including phenoxy) is 1. The molecule has 3 rings (SSSR count). The number of rotatable bonds is 7. The minimum atomic E-state index is -0.296. The number of amides is 1. The number of nitrogens with one attached hydrogen (secondary N) is 1. The summed E-state index contributed by atoms with van der Waals surface area (Å²) in [6.07, 6.45) is 1.62. The molecule has 0 aromatic heterocycles. The Balaban J connectivity index is 1.51. The van der Waals surface area contributed by atoms with Gasteiger partial charge in [0.1, 0.15) is 5.75 Å². The van der Waals surface area contributed by atoms with E-state index in [2.05, 4.69) is 36.5 Å². The second-order valence-electron chi connectivity index (χ2n) is 6.76. The molecular formula is C24H24N2O2. The van der Waals surface area contributed by atoms with Gasteiger partial charge in [0.2, 0.25) is 0 Å². The molecule has 142 valence electrons. The molecule has 0 atom stereocenters. The molecule has 0 radical (unpaired) electrons. The van der Waals surface area contributed by atoms with Crippen molar-refractivity contribution >= 4 is 12.1 Å². The van der Waals surface area contributed by atoms with Crippen molar-refractivity contribution in [3.05, 3.63) is 90.0 Å². The minimum Gasteiger partial charge on any atom is -0.483 e. The quantitative estimate of drug-likeness (QED) is 0.468. The van der Waals surface area contributed by atoms with Gasteiger partial charge in [-0.3, -0.25) is 4.79 Å². The Bertz CT molecular complexity index is 932. The molecule has 1 N–H and O–H groups in total. The normalized spacial score (nSPS) is 11.0. The van der Waals surface area contributed by atoms with Crippen molar-refractivity contribution in [1.29, 1.82) is 0 Å². The van der Waals surface area contributed by atoms with Gasteiger partial charge in [-0.2, -0.15) is 5.10 Å². The molecule has 0 aliphatic rings. The van der Waals surface area contributed by atoms with Crippen molar-refractivity contribution < 1.29 is 9.53 Å². The molecule has 0 bridgehead atoms. The average molecular weight is 372 g/mol. The molecule has 3 aromatic rings. The standard InChI is InChI=1S/C24H24N2O2/c1-18(2)22-10-6-7-11-23(22)28-17-24(27)26-25-16-19-12-14-21(15-13-19)20-8-4-3-5-9-20/h3-16,18H,17H2,1-2H3,(H,26,27). The largest absolute Gasteiger partial charge is 0.483 e. The smallest absolute Gasteiger partial charge is 0.277 e. The molecule has 0 fully saturated rings. The van der Waals surface area contributed by atoms with Crippen LogP contribution in [0.3, 0.4) is 0 Å². The number of hydrogen-bond acceptors (Lipinski definition) is 3. The third-order valence-corrected chi connectivity index (χ3v) is 4.32. The number of carbonyl (C=O) groups is 1. The van der Waals surface area contributed by atoms with E-state index in [0.29, 0.717) is 5.92 Å². The van der Waals surface area contributed by atoms with Gasteiger partial charge in [0, 0.05) is 0 Å². The second kappa shape index (κ2) is 9.51. The Kier molecular flexibility index (Phi) is 6.58. The van der Waals surface area contributed by atoms with Gasteiger partial charge in [0.05, 0.1) is 6.21 Å². The predicted molar refractivity (Wildman–Crippen MR) is 114 cm³/mol. The first kappa shape index (κ1) is 19.4. The molecule has 0 saturated heterocycles. The van der Waals surface area contributed by atoms with Gasteiger partial charge in [-0.25, -0.2) is 5.43 Å². The van der Waals surface area contributed by atoms with Gasteiger partial charge in [-0.1, -0.05) is 86.6 Å². The van der Waals surface area contributed by atoms with Crippen LogP contribution in [-0.4, -0.2) is 18.7 Å². The zero-order valence-electron chi connectivity index (χ0n) is 16.1. The Morgan fingerprint density at radius 3 is 2.29 bits per heavy atom. The highest BCUT2D eigenvalue weighted by Crippen LogP contribution is 2.25. The lowest BCUT2D eigenvalue weighted by molar-refractivity contribution is -0.123. The highest BCUT2D eigenvalue weighted by Gasteiger charge is 2.08. The summed E-state index contributed by atoms with van der Waals surface area (Å²) in [4.78, 5) is 12.0. The summed E-state index contributed by atoms with van der Waals surface area (Å²) in [6.45, 7) is 4.11. The number of carbonyl (C=O) groups excluding carboxylic acids is 1. The highest BCUT2D eigenvalue weighted by molar-refractivity contribution is 5.83. The Morgan fingerprint density at radius 1 is 0.929 bits per heavy atom. The molecule has 0 heterocycles. The Morgan fingerprint density at radius 2 is 1.57 bits per heavy atom. The molecule has 4 nitrogen and oxygen atoms in total. The molecule has 1 amide bonds. The molecule has 0 aliphatic carbocycles. The van der Waals surface area contributed by atoms with E-state index in [1.165, 1.54) is 0 Å². The lowest BCUT2D eigenvalue weighted by Gasteiger charge is -2.12. The summed E-state index contributed by atoms with van der Waals surface area (Å²) >= 11 is 0. The average Bonchev–Trinajstić information content (AvgIpc) is 2.73. The highest BCUT2D eigenvalue weighted by atomic mass is 16.5. The van der Waals surface area contributed by atoms with Gasteiger partial charge >= 0.3 is 0 Å². The molecule has 0 saturated carbocycles. The lowest BCUT2D eigenvalue weighted by atomic mass is 10.0. The summed E-state index contributed by atoms with van der Waals surface area (Å²) in [5.74, 6) is 0.764. The zero-order valence-corrected chi connectivity index (χ0v) is 16.1. The van der Waals surface area contributed by atoms with E-state index in [4.69, 9.17) is 4.74 Å². The van der Waals surface area contributed by atoms with Crippen LogP contribution >= 0.6 is 0 Å². The van der Waals surface area contributed by atoms with Crippen LogP contribution in [0, 0.1) is 0 Å². The maximum Gasteiger partial charge on any atom is 0.277 e. The Hall–Kier alpha value is -3.40. The topological polar surface area (TPSA) is 50.7 Å². The van der Waals surface area contributed by atoms with Crippen LogP contribution in [0.2, 0.25) is 0 Å². The third kappa shape index (κ3) is 5.30. The Labute approximate surface area is 165 Å². The van der Waals surface area contributed by atoms with Gasteiger partial charge in [-0.15, -0.1) is 0 Å². The maximum atomic E-state index is 12.0. The van der Waals surface area contributed by atoms with Crippen LogP contribution in [0.15, 0.2) is 84.0 Å². The SMILES string of the molecule is CC(C)c1ccccc1OCC(=O)NN=Cc1ccc(-c2ccccc2)cc1. The molecule has 3 aromatic carbocycles. The fourth-order valence-corrected chi connectivity index (χ4v) is 2.84. The molecule has 0 spiro atoms. The van der Waals surface area contributed by atoms with Crippen LogP contribution in [-0.2, 0) is 4.79 Å². The van der Waals surface area contributed by atoms with E-state index < -0.39 is 0 Å². The summed E-state index contributed by atoms with van der Waals surface area (Å²) in [5, 5.41) is 4.01. The molecule has 28 heavy (non-hydrogen) atoms. The predicted octanol–water partition coefficient (Wildman–Crippen LogP) is 5.01. The first-order chi connectivity index (χ1) is 13.6. The van der Waals surface area contributed by atoms with E-state index in [1.54, 1.807) is 6.21 Å². The summed E-state index contributed by atoms with van der Waals surface area (Å²) < 4.78 is 5.64. The van der Waals surface area contributed by atoms with Gasteiger partial charge in [0.15, 0.2) is 6.61 Å². The zero-order chi connectivity index (χ0) is 19.8. The monoisotopic (exact) mass is 372 g/mol. The molecule has 0 aliphatic heterocycles. The van der Waals surface area contributed by atoms with E-state index in [1.807, 2.05) is 66.7 Å². The van der Waals surface area contributed by atoms with Crippen molar-refractivity contribution in [3.8, 4) is 16.9 Å². The van der Waals surface area contributed by atoms with Crippen LogP contribution in [0.5, 0.6) is 5.75 Å². The van der Waals surface area contributed by atoms with Crippen molar-refractivity contribution in [1.82, 2.24) is 5.43 Å².